The van der Waals surface area contributed by atoms with E-state index in [0.29, 0.717) is 31.1 Å². The van der Waals surface area contributed by atoms with E-state index < -0.39 is 23.0 Å². The molecule has 0 aromatic rings. The first-order valence-electron chi connectivity index (χ1n) is 14.3. The molecule has 1 amide bonds. The topological polar surface area (TPSA) is 107 Å². The van der Waals surface area contributed by atoms with Crippen LogP contribution in [0.3, 0.4) is 0 Å². The molecule has 36 heavy (non-hydrogen) atoms. The zero-order valence-corrected chi connectivity index (χ0v) is 24.2. The van der Waals surface area contributed by atoms with Gasteiger partial charge in [0.2, 0.25) is 5.91 Å². The molecule has 0 heterocycles. The van der Waals surface area contributed by atoms with Gasteiger partial charge in [0.05, 0.1) is 18.3 Å². The second-order valence-electron chi connectivity index (χ2n) is 13.9. The molecule has 4 saturated carbocycles. The van der Waals surface area contributed by atoms with Gasteiger partial charge in [-0.15, -0.1) is 0 Å². The molecule has 0 aliphatic heterocycles. The molecule has 4 N–H and O–H groups in total. The third kappa shape index (κ3) is 4.23. The van der Waals surface area contributed by atoms with Crippen molar-refractivity contribution in [3.05, 3.63) is 0 Å². The van der Waals surface area contributed by atoms with Crippen molar-refractivity contribution >= 4 is 16.7 Å². The summed E-state index contributed by atoms with van der Waals surface area (Å²) < 4.78 is 11.3. The van der Waals surface area contributed by atoms with Gasteiger partial charge in [0.25, 0.3) is 0 Å². The second kappa shape index (κ2) is 9.91. The molecule has 0 saturated heterocycles. The molecule has 208 valence electrons. The minimum Gasteiger partial charge on any atom is -0.393 e. The summed E-state index contributed by atoms with van der Waals surface area (Å²) in [5.41, 5.74) is -0.579. The first kappa shape index (κ1) is 28.5. The van der Waals surface area contributed by atoms with Crippen LogP contribution in [0.15, 0.2) is 0 Å². The fourth-order valence-corrected chi connectivity index (χ4v) is 10.3. The Morgan fingerprint density at radius 3 is 2.42 bits per heavy atom. The number of fused-ring (bicyclic) bond motifs is 5. The molecule has 4 fully saturated rings. The van der Waals surface area contributed by atoms with Gasteiger partial charge in [0.15, 0.2) is 0 Å². The summed E-state index contributed by atoms with van der Waals surface area (Å²) in [6.07, 6.45) is 7.71. The molecule has 0 aromatic carbocycles. The van der Waals surface area contributed by atoms with Crippen LogP contribution >= 0.6 is 0 Å². The molecule has 12 atom stereocenters. The number of aliphatic hydroxyl groups excluding tert-OH is 3. The van der Waals surface area contributed by atoms with Crippen LogP contribution in [0.25, 0.3) is 0 Å². The Hall–Kier alpha value is -0.500. The minimum absolute atomic E-state index is 0.00789. The number of carbonyl (C=O) groups excluding carboxylic acids is 1. The summed E-state index contributed by atoms with van der Waals surface area (Å²) in [5, 5.41) is 36.9. The quantitative estimate of drug-likeness (QED) is 0.406. The predicted octanol–water partition coefficient (Wildman–Crippen LogP) is 3.64. The van der Waals surface area contributed by atoms with Crippen LogP contribution in [-0.4, -0.2) is 62.3 Å². The van der Waals surface area contributed by atoms with E-state index in [2.05, 4.69) is 39.9 Å². The van der Waals surface area contributed by atoms with Gasteiger partial charge in [-0.1, -0.05) is 34.6 Å². The molecule has 7 heteroatoms. The van der Waals surface area contributed by atoms with E-state index in [1.54, 1.807) is 6.26 Å². The average Bonchev–Trinajstić information content (AvgIpc) is 3.07. The summed E-state index contributed by atoms with van der Waals surface area (Å²) in [7, 11) is -0.911. The van der Waals surface area contributed by atoms with Crippen molar-refractivity contribution in [2.24, 2.45) is 45.3 Å². The largest absolute Gasteiger partial charge is 0.393 e. The van der Waals surface area contributed by atoms with Gasteiger partial charge < -0.3 is 20.6 Å². The number of nitrogens with one attached hydrogen (secondary N) is 1. The fourth-order valence-electron chi connectivity index (χ4n) is 9.92. The predicted molar refractivity (Wildman–Crippen MR) is 144 cm³/mol. The number of hydrogen-bond donors (Lipinski definition) is 4. The highest BCUT2D eigenvalue weighted by Crippen LogP contribution is 2.75. The third-order valence-electron chi connectivity index (χ3n) is 12.8. The van der Waals surface area contributed by atoms with Gasteiger partial charge in [0.1, 0.15) is 0 Å². The van der Waals surface area contributed by atoms with Crippen LogP contribution in [0.4, 0.5) is 0 Å². The average molecular weight is 526 g/mol. The first-order chi connectivity index (χ1) is 16.7. The van der Waals surface area contributed by atoms with Crippen molar-refractivity contribution in [1.29, 1.82) is 0 Å². The Labute approximate surface area is 220 Å². The zero-order chi connectivity index (χ0) is 26.7. The molecule has 0 spiro atoms. The van der Waals surface area contributed by atoms with Crippen molar-refractivity contribution in [1.82, 2.24) is 5.32 Å². The summed E-state index contributed by atoms with van der Waals surface area (Å²) >= 11 is 0. The molecule has 0 bridgehead atoms. The van der Waals surface area contributed by atoms with Crippen LogP contribution < -0.4 is 5.32 Å². The normalized spacial score (nSPS) is 49.9. The summed E-state index contributed by atoms with van der Waals surface area (Å²) in [6.45, 7) is 12.0. The Morgan fingerprint density at radius 2 is 1.75 bits per heavy atom. The van der Waals surface area contributed by atoms with E-state index in [4.69, 9.17) is 0 Å². The van der Waals surface area contributed by atoms with E-state index >= 15 is 0 Å². The van der Waals surface area contributed by atoms with Gasteiger partial charge in [-0.3, -0.25) is 9.00 Å². The van der Waals surface area contributed by atoms with Crippen molar-refractivity contribution in [2.45, 2.75) is 111 Å². The van der Waals surface area contributed by atoms with Crippen LogP contribution in [-0.2, 0) is 15.6 Å². The summed E-state index contributed by atoms with van der Waals surface area (Å²) in [5.74, 6) is 1.43. The van der Waals surface area contributed by atoms with Gasteiger partial charge >= 0.3 is 0 Å². The second-order valence-corrected chi connectivity index (χ2v) is 15.5. The van der Waals surface area contributed by atoms with Crippen LogP contribution in [0.2, 0.25) is 0 Å². The SMILES string of the molecule is C[C@H](CCC(=O)NCCS(C)=O)[C@@]1(C)CC[C@H]2[C@@H]3[C@H](O)C[C@@H]4C[C@H](O)CC[C@]4(C)[C@@]3(C)C[C@H](O)[C@@]21C. The van der Waals surface area contributed by atoms with Crippen molar-refractivity contribution < 1.29 is 24.3 Å². The highest BCUT2D eigenvalue weighted by Gasteiger charge is 2.72. The maximum Gasteiger partial charge on any atom is 0.220 e. The van der Waals surface area contributed by atoms with Crippen molar-refractivity contribution in [3.8, 4) is 0 Å². The molecule has 4 aliphatic rings. The van der Waals surface area contributed by atoms with E-state index in [-0.39, 0.29) is 51.4 Å². The van der Waals surface area contributed by atoms with E-state index in [0.717, 1.165) is 44.9 Å². The molecule has 0 aromatic heterocycles. The summed E-state index contributed by atoms with van der Waals surface area (Å²) in [4.78, 5) is 12.4. The first-order valence-corrected chi connectivity index (χ1v) is 16.0. The lowest BCUT2D eigenvalue weighted by molar-refractivity contribution is -0.260. The fraction of sp³-hybridized carbons (Fsp3) is 0.966. The maximum absolute atomic E-state index is 12.4. The lowest BCUT2D eigenvalue weighted by Crippen LogP contribution is -2.68. The third-order valence-corrected chi connectivity index (χ3v) is 13.5. The Morgan fingerprint density at radius 1 is 1.06 bits per heavy atom. The van der Waals surface area contributed by atoms with Gasteiger partial charge in [0, 0.05) is 41.2 Å². The molecule has 0 radical (unpaired) electrons. The highest BCUT2D eigenvalue weighted by atomic mass is 32.2. The molecule has 1 unspecified atom stereocenters. The van der Waals surface area contributed by atoms with Crippen LogP contribution in [0.5, 0.6) is 0 Å². The van der Waals surface area contributed by atoms with Gasteiger partial charge in [-0.25, -0.2) is 0 Å². The monoisotopic (exact) mass is 525 g/mol. The number of hydrogen-bond acceptors (Lipinski definition) is 5. The standard InChI is InChI=1S/C29H51NO5S/c1-18(7-8-24(34)30-13-14-36(6)35)26(2)12-10-21-25-22(32)16-19-15-20(31)9-11-27(19,3)28(25,4)17-23(33)29(21,26)5/h18-23,25,31-33H,7-17H2,1-6H3,(H,30,34)/t18-,19+,20-,21+,22-,23+,25-,26-,27+,28+,29-,36?/m1/s1. The summed E-state index contributed by atoms with van der Waals surface area (Å²) in [6, 6.07) is 0. The van der Waals surface area contributed by atoms with Crippen molar-refractivity contribution in [3.63, 3.8) is 0 Å². The Kier molecular flexibility index (Phi) is 7.85. The zero-order valence-electron chi connectivity index (χ0n) is 23.4. The number of aliphatic hydroxyl groups is 3. The Balaban J connectivity index is 1.54. The molecule has 4 aliphatic carbocycles. The minimum atomic E-state index is -0.911. The maximum atomic E-state index is 12.4. The highest BCUT2D eigenvalue weighted by molar-refractivity contribution is 7.84. The molecule has 4 rings (SSSR count). The van der Waals surface area contributed by atoms with E-state index in [1.165, 1.54) is 0 Å². The van der Waals surface area contributed by atoms with Crippen LogP contribution in [0, 0.1) is 45.3 Å². The van der Waals surface area contributed by atoms with E-state index in [9.17, 15) is 24.3 Å². The smallest absolute Gasteiger partial charge is 0.220 e. The number of carbonyl (C=O) groups is 1. The molecular weight excluding hydrogens is 474 g/mol. The molecule has 6 nitrogen and oxygen atoms in total. The number of amides is 1. The van der Waals surface area contributed by atoms with Gasteiger partial charge in [-0.05, 0) is 91.3 Å². The van der Waals surface area contributed by atoms with Gasteiger partial charge in [-0.2, -0.15) is 0 Å². The lowest BCUT2D eigenvalue weighted by atomic mass is 9.36. The number of rotatable bonds is 7. The molecular formula is C29H51NO5S. The van der Waals surface area contributed by atoms with Crippen LogP contribution in [0.1, 0.15) is 92.4 Å². The Bertz CT molecular complexity index is 869. The lowest BCUT2D eigenvalue weighted by Gasteiger charge is -2.70. The van der Waals surface area contributed by atoms with E-state index in [1.807, 2.05) is 0 Å². The van der Waals surface area contributed by atoms with Crippen molar-refractivity contribution in [2.75, 3.05) is 18.6 Å².